The van der Waals surface area contributed by atoms with E-state index in [2.05, 4.69) is 10.3 Å². The number of halogens is 1. The van der Waals surface area contributed by atoms with Crippen LogP contribution in [0.3, 0.4) is 0 Å². The molecular formula is C12H20FN3O. The molecule has 0 fully saturated rings. The van der Waals surface area contributed by atoms with Gasteiger partial charge in [-0.25, -0.2) is 4.39 Å². The molecule has 1 heterocycles. The fraction of sp³-hybridized carbons (Fsp3) is 0.583. The van der Waals surface area contributed by atoms with E-state index in [1.165, 1.54) is 6.07 Å². The van der Waals surface area contributed by atoms with Crippen molar-refractivity contribution in [3.63, 3.8) is 0 Å². The van der Waals surface area contributed by atoms with Crippen molar-refractivity contribution < 1.29 is 9.50 Å². The van der Waals surface area contributed by atoms with E-state index in [0.717, 1.165) is 12.7 Å². The first-order chi connectivity index (χ1) is 7.98. The highest BCUT2D eigenvalue weighted by Crippen LogP contribution is 2.19. The van der Waals surface area contributed by atoms with Gasteiger partial charge in [0, 0.05) is 19.3 Å². The van der Waals surface area contributed by atoms with Crippen molar-refractivity contribution >= 4 is 0 Å². The minimum absolute atomic E-state index is 0.106. The van der Waals surface area contributed by atoms with Gasteiger partial charge >= 0.3 is 0 Å². The van der Waals surface area contributed by atoms with Crippen LogP contribution in [-0.4, -0.2) is 48.8 Å². The van der Waals surface area contributed by atoms with E-state index in [1.807, 2.05) is 25.9 Å². The van der Waals surface area contributed by atoms with Gasteiger partial charge in [0.05, 0.1) is 18.3 Å². The molecule has 96 valence electrons. The molecule has 0 amide bonds. The molecule has 0 aliphatic heterocycles. The number of nitrogens with zero attached hydrogens (tertiary/aromatic N) is 2. The second kappa shape index (κ2) is 6.05. The smallest absolute Gasteiger partial charge is 0.141 e. The van der Waals surface area contributed by atoms with Crippen LogP contribution in [0, 0.1) is 5.82 Å². The lowest BCUT2D eigenvalue weighted by molar-refractivity contribution is 0.171. The van der Waals surface area contributed by atoms with Crippen LogP contribution in [0.25, 0.3) is 0 Å². The predicted molar refractivity (Wildman–Crippen MR) is 65.2 cm³/mol. The molecule has 2 N–H and O–H groups in total. The third-order valence-electron chi connectivity index (χ3n) is 2.73. The maximum Gasteiger partial charge on any atom is 0.141 e. The summed E-state index contributed by atoms with van der Waals surface area (Å²) in [6.07, 6.45) is 2.73. The van der Waals surface area contributed by atoms with E-state index in [0.29, 0.717) is 12.1 Å². The van der Waals surface area contributed by atoms with Gasteiger partial charge in [-0.1, -0.05) is 0 Å². The number of rotatable bonds is 6. The molecule has 1 aromatic rings. The number of hydrogen-bond acceptors (Lipinski definition) is 4. The first-order valence-electron chi connectivity index (χ1n) is 5.59. The molecule has 0 bridgehead atoms. The van der Waals surface area contributed by atoms with Crippen LogP contribution in [0.1, 0.15) is 12.5 Å². The van der Waals surface area contributed by atoms with Gasteiger partial charge < -0.3 is 15.3 Å². The Bertz CT molecular complexity index is 359. The molecule has 0 radical (unpaired) electrons. The molecule has 0 spiro atoms. The molecule has 5 heteroatoms. The summed E-state index contributed by atoms with van der Waals surface area (Å²) >= 11 is 0. The quantitative estimate of drug-likeness (QED) is 0.765. The fourth-order valence-electron chi connectivity index (χ4n) is 1.52. The second-order valence-electron chi connectivity index (χ2n) is 4.61. The molecule has 0 aliphatic carbocycles. The van der Waals surface area contributed by atoms with E-state index in [-0.39, 0.29) is 6.61 Å². The van der Waals surface area contributed by atoms with E-state index >= 15 is 0 Å². The van der Waals surface area contributed by atoms with Crippen molar-refractivity contribution in [2.24, 2.45) is 0 Å². The average molecular weight is 241 g/mol. The molecular weight excluding hydrogens is 221 g/mol. The second-order valence-corrected chi connectivity index (χ2v) is 4.61. The van der Waals surface area contributed by atoms with Crippen molar-refractivity contribution in [3.8, 4) is 0 Å². The first-order valence-corrected chi connectivity index (χ1v) is 5.59. The summed E-state index contributed by atoms with van der Waals surface area (Å²) in [4.78, 5) is 5.84. The zero-order valence-corrected chi connectivity index (χ0v) is 10.6. The monoisotopic (exact) mass is 241 g/mol. The van der Waals surface area contributed by atoms with Crippen LogP contribution >= 0.6 is 0 Å². The number of aliphatic hydroxyl groups excluding tert-OH is 1. The zero-order valence-electron chi connectivity index (χ0n) is 10.6. The Kier molecular flexibility index (Phi) is 4.99. The van der Waals surface area contributed by atoms with Crippen molar-refractivity contribution in [3.05, 3.63) is 29.8 Å². The van der Waals surface area contributed by atoms with Gasteiger partial charge in [-0.05, 0) is 32.6 Å². The molecule has 0 saturated heterocycles. The normalized spacial score (nSPS) is 14.9. The van der Waals surface area contributed by atoms with E-state index in [9.17, 15) is 9.50 Å². The third kappa shape index (κ3) is 4.03. The molecule has 0 aliphatic rings. The molecule has 1 atom stereocenters. The van der Waals surface area contributed by atoms with E-state index in [4.69, 9.17) is 0 Å². The van der Waals surface area contributed by atoms with Gasteiger partial charge in [0.2, 0.25) is 0 Å². The Morgan fingerprint density at radius 3 is 2.71 bits per heavy atom. The molecule has 1 aromatic heterocycles. The SMILES string of the molecule is CN(C)CCNC(C)(CO)c1cncc(F)c1. The third-order valence-corrected chi connectivity index (χ3v) is 2.73. The summed E-state index contributed by atoms with van der Waals surface area (Å²) in [5.74, 6) is -0.392. The number of nitrogens with one attached hydrogen (secondary N) is 1. The van der Waals surface area contributed by atoms with Gasteiger partial charge in [0.1, 0.15) is 5.82 Å². The average Bonchev–Trinajstić information content (AvgIpc) is 2.28. The molecule has 17 heavy (non-hydrogen) atoms. The predicted octanol–water partition coefficient (Wildman–Crippen LogP) is 0.579. The minimum atomic E-state index is -0.662. The molecule has 0 aromatic carbocycles. The molecule has 0 saturated carbocycles. The Hall–Kier alpha value is -1.04. The summed E-state index contributed by atoms with van der Waals surface area (Å²) in [5, 5.41) is 12.7. The van der Waals surface area contributed by atoms with Crippen molar-refractivity contribution in [1.29, 1.82) is 0 Å². The highest BCUT2D eigenvalue weighted by molar-refractivity contribution is 5.20. The van der Waals surface area contributed by atoms with Gasteiger partial charge in [0.25, 0.3) is 0 Å². The maximum atomic E-state index is 13.1. The number of likely N-dealkylation sites (N-methyl/N-ethyl adjacent to an activating group) is 1. The Morgan fingerprint density at radius 1 is 1.47 bits per heavy atom. The van der Waals surface area contributed by atoms with Gasteiger partial charge in [0.15, 0.2) is 0 Å². The number of aliphatic hydroxyl groups is 1. The standard InChI is InChI=1S/C12H20FN3O/c1-12(9-17,15-4-5-16(2)3)10-6-11(13)8-14-7-10/h6-8,15,17H,4-5,9H2,1-3H3. The van der Waals surface area contributed by atoms with Gasteiger partial charge in [-0.15, -0.1) is 0 Å². The van der Waals surface area contributed by atoms with Crippen molar-refractivity contribution in [1.82, 2.24) is 15.2 Å². The Balaban J connectivity index is 2.73. The van der Waals surface area contributed by atoms with Gasteiger partial charge in [-0.2, -0.15) is 0 Å². The van der Waals surface area contributed by atoms with Crippen LogP contribution in [0.4, 0.5) is 4.39 Å². The van der Waals surface area contributed by atoms with Crippen LogP contribution in [0.5, 0.6) is 0 Å². The van der Waals surface area contributed by atoms with Gasteiger partial charge in [-0.3, -0.25) is 4.98 Å². The van der Waals surface area contributed by atoms with Crippen LogP contribution < -0.4 is 5.32 Å². The fourth-order valence-corrected chi connectivity index (χ4v) is 1.52. The van der Waals surface area contributed by atoms with Crippen molar-refractivity contribution in [2.75, 3.05) is 33.8 Å². The number of pyridine rings is 1. The first kappa shape index (κ1) is 14.0. The van der Waals surface area contributed by atoms with Crippen LogP contribution in [0.15, 0.2) is 18.5 Å². The molecule has 1 unspecified atom stereocenters. The largest absolute Gasteiger partial charge is 0.394 e. The summed E-state index contributed by atoms with van der Waals surface area (Å²) in [6, 6.07) is 1.39. The molecule has 1 rings (SSSR count). The summed E-state index contributed by atoms with van der Waals surface area (Å²) in [7, 11) is 3.95. The Labute approximate surface area is 101 Å². The lowest BCUT2D eigenvalue weighted by atomic mass is 9.94. The molecule has 4 nitrogen and oxygen atoms in total. The van der Waals surface area contributed by atoms with E-state index < -0.39 is 11.4 Å². The summed E-state index contributed by atoms with van der Waals surface area (Å²) in [6.45, 7) is 3.28. The van der Waals surface area contributed by atoms with E-state index in [1.54, 1.807) is 6.20 Å². The highest BCUT2D eigenvalue weighted by atomic mass is 19.1. The maximum absolute atomic E-state index is 13.1. The summed E-state index contributed by atoms with van der Waals surface area (Å²) < 4.78 is 13.1. The van der Waals surface area contributed by atoms with Crippen LogP contribution in [0.2, 0.25) is 0 Å². The topological polar surface area (TPSA) is 48.4 Å². The number of aromatic nitrogens is 1. The van der Waals surface area contributed by atoms with Crippen molar-refractivity contribution in [2.45, 2.75) is 12.5 Å². The lowest BCUT2D eigenvalue weighted by Gasteiger charge is -2.29. The minimum Gasteiger partial charge on any atom is -0.394 e. The van der Waals surface area contributed by atoms with Crippen LogP contribution in [-0.2, 0) is 5.54 Å². The number of hydrogen-bond donors (Lipinski definition) is 2. The highest BCUT2D eigenvalue weighted by Gasteiger charge is 2.25. The Morgan fingerprint density at radius 2 is 2.18 bits per heavy atom. The summed E-state index contributed by atoms with van der Waals surface area (Å²) in [5.41, 5.74) is -0.00997. The zero-order chi connectivity index (χ0) is 12.9. The lowest BCUT2D eigenvalue weighted by Crippen LogP contribution is -2.45.